The molecule has 0 spiro atoms. The van der Waals surface area contributed by atoms with Crippen molar-refractivity contribution < 1.29 is 4.79 Å². The summed E-state index contributed by atoms with van der Waals surface area (Å²) in [5, 5.41) is 0. The lowest BCUT2D eigenvalue weighted by Crippen LogP contribution is -2.49. The zero-order chi connectivity index (χ0) is 20.4. The van der Waals surface area contributed by atoms with Crippen LogP contribution in [-0.2, 0) is 0 Å². The Bertz CT molecular complexity index is 875. The minimum absolute atomic E-state index is 0.0780. The summed E-state index contributed by atoms with van der Waals surface area (Å²) in [5.41, 5.74) is 1.70. The van der Waals surface area contributed by atoms with Crippen LogP contribution in [0.3, 0.4) is 0 Å². The molecule has 0 saturated carbocycles. The second kappa shape index (κ2) is 8.67. The Morgan fingerprint density at radius 3 is 2.31 bits per heavy atom. The Morgan fingerprint density at radius 1 is 0.931 bits per heavy atom. The third-order valence-electron chi connectivity index (χ3n) is 5.58. The molecule has 0 aliphatic carbocycles. The van der Waals surface area contributed by atoms with E-state index in [0.717, 1.165) is 66.8 Å². The number of aromatic nitrogens is 2. The summed E-state index contributed by atoms with van der Waals surface area (Å²) < 4.78 is 0.923. The number of rotatable bonds is 3. The highest BCUT2D eigenvalue weighted by molar-refractivity contribution is 9.10. The summed E-state index contributed by atoms with van der Waals surface area (Å²) in [6, 6.07) is 9.64. The van der Waals surface area contributed by atoms with Gasteiger partial charge in [-0.1, -0.05) is 22.0 Å². The minimum Gasteiger partial charge on any atom is -0.354 e. The number of carbonyl (C=O) groups excluding carboxylic acids is 1. The third-order valence-corrected chi connectivity index (χ3v) is 6.07. The number of halogens is 1. The van der Waals surface area contributed by atoms with Crippen molar-refractivity contribution in [3.63, 3.8) is 0 Å². The van der Waals surface area contributed by atoms with Crippen molar-refractivity contribution in [3.8, 4) is 0 Å². The van der Waals surface area contributed by atoms with Crippen molar-refractivity contribution in [1.29, 1.82) is 0 Å². The van der Waals surface area contributed by atoms with Gasteiger partial charge in [-0.15, -0.1) is 0 Å². The van der Waals surface area contributed by atoms with Crippen LogP contribution >= 0.6 is 15.9 Å². The van der Waals surface area contributed by atoms with E-state index in [1.165, 1.54) is 0 Å². The van der Waals surface area contributed by atoms with Crippen LogP contribution in [0.5, 0.6) is 0 Å². The average Bonchev–Trinajstić information content (AvgIpc) is 2.73. The van der Waals surface area contributed by atoms with Gasteiger partial charge in [-0.3, -0.25) is 4.79 Å². The van der Waals surface area contributed by atoms with Crippen molar-refractivity contribution in [2.24, 2.45) is 0 Å². The fraction of sp³-hybridized carbons (Fsp3) is 0.476. The van der Waals surface area contributed by atoms with E-state index in [1.807, 2.05) is 36.1 Å². The van der Waals surface area contributed by atoms with E-state index < -0.39 is 0 Å². The van der Waals surface area contributed by atoms with Gasteiger partial charge in [0.1, 0.15) is 5.82 Å². The van der Waals surface area contributed by atoms with Crippen LogP contribution in [0.25, 0.3) is 0 Å². The van der Waals surface area contributed by atoms with Gasteiger partial charge >= 0.3 is 0 Å². The van der Waals surface area contributed by atoms with Gasteiger partial charge in [-0.25, -0.2) is 4.98 Å². The molecule has 0 N–H and O–H groups in total. The van der Waals surface area contributed by atoms with Crippen molar-refractivity contribution >= 4 is 33.6 Å². The number of benzene rings is 1. The molecule has 3 heterocycles. The van der Waals surface area contributed by atoms with Crippen molar-refractivity contribution in [2.75, 3.05) is 69.2 Å². The van der Waals surface area contributed by atoms with Gasteiger partial charge in [0.2, 0.25) is 5.95 Å². The van der Waals surface area contributed by atoms with Gasteiger partial charge in [0.15, 0.2) is 0 Å². The van der Waals surface area contributed by atoms with Gasteiger partial charge < -0.3 is 19.6 Å². The van der Waals surface area contributed by atoms with Gasteiger partial charge in [0.25, 0.3) is 5.91 Å². The first kappa shape index (κ1) is 20.1. The SMILES string of the molecule is Cc1cc(N2CCN(C)CC2)nc(N2CCN(C(=O)c3cccc(Br)c3)CC2)n1. The van der Waals surface area contributed by atoms with Crippen LogP contribution in [0.2, 0.25) is 0 Å². The van der Waals surface area contributed by atoms with E-state index in [-0.39, 0.29) is 5.91 Å². The number of nitrogens with zero attached hydrogens (tertiary/aromatic N) is 6. The largest absolute Gasteiger partial charge is 0.354 e. The van der Waals surface area contributed by atoms with Gasteiger partial charge in [-0.2, -0.15) is 4.98 Å². The molecule has 2 aliphatic heterocycles. The van der Waals surface area contributed by atoms with Crippen LogP contribution in [0.4, 0.5) is 11.8 Å². The molecule has 154 valence electrons. The van der Waals surface area contributed by atoms with Gasteiger partial charge in [0, 0.05) is 74.2 Å². The first-order chi connectivity index (χ1) is 14.0. The van der Waals surface area contributed by atoms with E-state index >= 15 is 0 Å². The predicted octanol–water partition coefficient (Wildman–Crippen LogP) is 2.26. The standard InChI is InChI=1S/C21H27BrN6O/c1-16-14-19(26-8-6-25(2)7-9-26)24-21(23-16)28-12-10-27(11-13-28)20(29)17-4-3-5-18(22)15-17/h3-5,14-15H,6-13H2,1-2H3. The number of hydrogen-bond acceptors (Lipinski definition) is 6. The Labute approximate surface area is 180 Å². The molecule has 8 heteroatoms. The monoisotopic (exact) mass is 458 g/mol. The fourth-order valence-corrected chi connectivity index (χ4v) is 4.19. The average molecular weight is 459 g/mol. The summed E-state index contributed by atoms with van der Waals surface area (Å²) in [5.74, 6) is 1.86. The van der Waals surface area contributed by atoms with Crippen LogP contribution in [0.15, 0.2) is 34.8 Å². The zero-order valence-electron chi connectivity index (χ0n) is 17.0. The molecule has 4 rings (SSSR count). The van der Waals surface area contributed by atoms with Crippen LogP contribution in [0, 0.1) is 6.92 Å². The van der Waals surface area contributed by atoms with Crippen molar-refractivity contribution in [3.05, 3.63) is 46.1 Å². The molecule has 2 saturated heterocycles. The minimum atomic E-state index is 0.0780. The summed E-state index contributed by atoms with van der Waals surface area (Å²) >= 11 is 3.44. The molecule has 0 unspecified atom stereocenters. The summed E-state index contributed by atoms with van der Waals surface area (Å²) in [7, 11) is 2.16. The van der Waals surface area contributed by atoms with Crippen molar-refractivity contribution in [1.82, 2.24) is 19.8 Å². The number of anilines is 2. The molecule has 2 aliphatic rings. The highest BCUT2D eigenvalue weighted by atomic mass is 79.9. The lowest BCUT2D eigenvalue weighted by molar-refractivity contribution is 0.0746. The molecular weight excluding hydrogens is 432 g/mol. The van der Waals surface area contributed by atoms with Gasteiger partial charge in [0.05, 0.1) is 0 Å². The lowest BCUT2D eigenvalue weighted by Gasteiger charge is -2.36. The molecular formula is C21H27BrN6O. The van der Waals surface area contributed by atoms with Gasteiger partial charge in [-0.05, 0) is 32.2 Å². The molecule has 2 fully saturated rings. The number of carbonyl (C=O) groups is 1. The Morgan fingerprint density at radius 2 is 1.62 bits per heavy atom. The van der Waals surface area contributed by atoms with E-state index in [4.69, 9.17) is 4.98 Å². The molecule has 0 bridgehead atoms. The number of piperazine rings is 2. The van der Waals surface area contributed by atoms with E-state index in [0.29, 0.717) is 13.1 Å². The normalized spacial score (nSPS) is 18.2. The summed E-state index contributed by atoms with van der Waals surface area (Å²) in [6.07, 6.45) is 0. The first-order valence-corrected chi connectivity index (χ1v) is 10.9. The maximum Gasteiger partial charge on any atom is 0.254 e. The Balaban J connectivity index is 1.42. The number of amides is 1. The molecule has 0 atom stereocenters. The molecule has 2 aromatic rings. The first-order valence-electron chi connectivity index (χ1n) is 10.1. The highest BCUT2D eigenvalue weighted by Gasteiger charge is 2.25. The smallest absolute Gasteiger partial charge is 0.254 e. The molecule has 1 aromatic carbocycles. The summed E-state index contributed by atoms with van der Waals surface area (Å²) in [4.78, 5) is 31.1. The molecule has 1 aromatic heterocycles. The van der Waals surface area contributed by atoms with Crippen LogP contribution in [0.1, 0.15) is 16.1 Å². The van der Waals surface area contributed by atoms with Crippen molar-refractivity contribution in [2.45, 2.75) is 6.92 Å². The highest BCUT2D eigenvalue weighted by Crippen LogP contribution is 2.21. The third kappa shape index (κ3) is 4.70. The maximum absolute atomic E-state index is 12.8. The molecule has 29 heavy (non-hydrogen) atoms. The second-order valence-electron chi connectivity index (χ2n) is 7.75. The summed E-state index contributed by atoms with van der Waals surface area (Å²) in [6.45, 7) is 8.93. The number of likely N-dealkylation sites (N-methyl/N-ethyl adjacent to an activating group) is 1. The lowest BCUT2D eigenvalue weighted by atomic mass is 10.2. The second-order valence-corrected chi connectivity index (χ2v) is 8.66. The van der Waals surface area contributed by atoms with E-state index in [2.05, 4.69) is 48.7 Å². The van der Waals surface area contributed by atoms with E-state index in [1.54, 1.807) is 0 Å². The topological polar surface area (TPSA) is 55.8 Å². The number of hydrogen-bond donors (Lipinski definition) is 0. The molecule has 1 amide bonds. The van der Waals surface area contributed by atoms with Crippen LogP contribution in [-0.4, -0.2) is 85.1 Å². The quantitative estimate of drug-likeness (QED) is 0.702. The number of aryl methyl sites for hydroxylation is 1. The van der Waals surface area contributed by atoms with Crippen LogP contribution < -0.4 is 9.80 Å². The predicted molar refractivity (Wildman–Crippen MR) is 119 cm³/mol. The van der Waals surface area contributed by atoms with E-state index in [9.17, 15) is 4.79 Å². The maximum atomic E-state index is 12.8. The molecule has 7 nitrogen and oxygen atoms in total. The Hall–Kier alpha value is -2.19. The Kier molecular flexibility index (Phi) is 6.01. The zero-order valence-corrected chi connectivity index (χ0v) is 18.6. The fourth-order valence-electron chi connectivity index (χ4n) is 3.79. The molecule has 0 radical (unpaired) electrons.